The van der Waals surface area contributed by atoms with Crippen LogP contribution in [-0.2, 0) is 14.3 Å². The number of amides is 1. The van der Waals surface area contributed by atoms with Crippen molar-refractivity contribution in [3.05, 3.63) is 0 Å². The quantitative estimate of drug-likeness (QED) is 0.856. The van der Waals surface area contributed by atoms with E-state index in [2.05, 4.69) is 0 Å². The molecule has 1 amide bonds. The first-order valence-corrected chi connectivity index (χ1v) is 7.66. The predicted octanol–water partition coefficient (Wildman–Crippen LogP) is 2.03. The summed E-state index contributed by atoms with van der Waals surface area (Å²) in [5.74, 6) is -0.479. The second-order valence-corrected chi connectivity index (χ2v) is 6.84. The summed E-state index contributed by atoms with van der Waals surface area (Å²) in [6, 6.07) is -0.286. The van der Waals surface area contributed by atoms with Gasteiger partial charge in [0.1, 0.15) is 5.60 Å². The lowest BCUT2D eigenvalue weighted by atomic mass is 9.98. The Bertz CT molecular complexity index is 368. The fraction of sp³-hybridized carbons (Fsp3) is 0.846. The van der Waals surface area contributed by atoms with Crippen LogP contribution in [-0.4, -0.2) is 58.6 Å². The van der Waals surface area contributed by atoms with Gasteiger partial charge in [0.25, 0.3) is 0 Å². The van der Waals surface area contributed by atoms with Crippen LogP contribution < -0.4 is 0 Å². The molecule has 116 valence electrons. The SMILES string of the molecule is CO[C@@H]([C@H]1CSCN1C(=O)OC(C)(C)C)[C@@H](C)C(=O)O. The molecule has 7 heteroatoms. The molecule has 0 aliphatic carbocycles. The maximum absolute atomic E-state index is 12.2. The minimum atomic E-state index is -0.933. The first-order valence-electron chi connectivity index (χ1n) is 6.50. The van der Waals surface area contributed by atoms with Crippen molar-refractivity contribution in [2.45, 2.75) is 45.4 Å². The van der Waals surface area contributed by atoms with E-state index in [1.165, 1.54) is 7.11 Å². The highest BCUT2D eigenvalue weighted by atomic mass is 32.2. The van der Waals surface area contributed by atoms with Crippen molar-refractivity contribution >= 4 is 23.8 Å². The predicted molar refractivity (Wildman–Crippen MR) is 76.8 cm³/mol. The molecule has 20 heavy (non-hydrogen) atoms. The van der Waals surface area contributed by atoms with Gasteiger partial charge in [-0.25, -0.2) is 4.79 Å². The van der Waals surface area contributed by atoms with Crippen LogP contribution in [0.4, 0.5) is 4.79 Å². The number of ether oxygens (including phenoxy) is 2. The number of thioether (sulfide) groups is 1. The Morgan fingerprint density at radius 2 is 2.00 bits per heavy atom. The molecule has 0 aromatic heterocycles. The van der Waals surface area contributed by atoms with E-state index < -0.39 is 29.7 Å². The van der Waals surface area contributed by atoms with Crippen molar-refractivity contribution in [3.63, 3.8) is 0 Å². The molecule has 0 spiro atoms. The lowest BCUT2D eigenvalue weighted by Gasteiger charge is -2.33. The van der Waals surface area contributed by atoms with Crippen LogP contribution in [0.2, 0.25) is 0 Å². The Morgan fingerprint density at radius 1 is 1.40 bits per heavy atom. The van der Waals surface area contributed by atoms with Crippen LogP contribution in [0.15, 0.2) is 0 Å². The van der Waals surface area contributed by atoms with Gasteiger partial charge in [-0.05, 0) is 27.7 Å². The van der Waals surface area contributed by atoms with Gasteiger partial charge in [0.15, 0.2) is 0 Å². The summed E-state index contributed by atoms with van der Waals surface area (Å²) in [5, 5.41) is 9.13. The van der Waals surface area contributed by atoms with E-state index in [1.54, 1.807) is 44.4 Å². The van der Waals surface area contributed by atoms with E-state index in [0.717, 1.165) is 0 Å². The van der Waals surface area contributed by atoms with E-state index in [1.807, 2.05) is 0 Å². The standard InChI is InChI=1S/C13H23NO5S/c1-8(11(15)16)10(18-5)9-6-20-7-14(9)12(17)19-13(2,3)4/h8-10H,6-7H2,1-5H3,(H,15,16)/t8-,9-,10-/m1/s1. The van der Waals surface area contributed by atoms with Gasteiger partial charge in [0, 0.05) is 12.9 Å². The highest BCUT2D eigenvalue weighted by molar-refractivity contribution is 7.99. The summed E-state index contributed by atoms with van der Waals surface area (Å²) in [4.78, 5) is 24.9. The van der Waals surface area contributed by atoms with Gasteiger partial charge in [-0.3, -0.25) is 9.69 Å². The molecular formula is C13H23NO5S. The largest absolute Gasteiger partial charge is 0.481 e. The topological polar surface area (TPSA) is 76.1 Å². The van der Waals surface area contributed by atoms with Crippen molar-refractivity contribution in [2.24, 2.45) is 5.92 Å². The molecule has 1 N–H and O–H groups in total. The second-order valence-electron chi connectivity index (χ2n) is 5.84. The summed E-state index contributed by atoms with van der Waals surface area (Å²) in [6.07, 6.45) is -0.970. The van der Waals surface area contributed by atoms with Gasteiger partial charge in [0.05, 0.1) is 23.9 Å². The molecule has 1 saturated heterocycles. The fourth-order valence-electron chi connectivity index (χ4n) is 2.07. The number of methoxy groups -OCH3 is 1. The maximum Gasteiger partial charge on any atom is 0.411 e. The van der Waals surface area contributed by atoms with Crippen LogP contribution >= 0.6 is 11.8 Å². The molecule has 0 aromatic carbocycles. The van der Waals surface area contributed by atoms with E-state index in [0.29, 0.717) is 11.6 Å². The molecule has 0 unspecified atom stereocenters. The van der Waals surface area contributed by atoms with Crippen LogP contribution in [0.5, 0.6) is 0 Å². The molecule has 0 aromatic rings. The summed E-state index contributed by atoms with van der Waals surface area (Å²) in [5.41, 5.74) is -0.574. The van der Waals surface area contributed by atoms with E-state index in [4.69, 9.17) is 14.6 Å². The number of nitrogens with zero attached hydrogens (tertiary/aromatic N) is 1. The normalized spacial score (nSPS) is 22.4. The molecule has 1 fully saturated rings. The lowest BCUT2D eigenvalue weighted by Crippen LogP contribution is -2.50. The number of carboxylic acids is 1. The van der Waals surface area contributed by atoms with Gasteiger partial charge < -0.3 is 14.6 Å². The number of carbonyl (C=O) groups excluding carboxylic acids is 1. The fourth-order valence-corrected chi connectivity index (χ4v) is 3.28. The number of hydrogen-bond acceptors (Lipinski definition) is 5. The summed E-state index contributed by atoms with van der Waals surface area (Å²) < 4.78 is 10.7. The van der Waals surface area contributed by atoms with Gasteiger partial charge in [-0.1, -0.05) is 0 Å². The monoisotopic (exact) mass is 305 g/mol. The average Bonchev–Trinajstić information content (AvgIpc) is 2.76. The van der Waals surface area contributed by atoms with Crippen molar-refractivity contribution in [2.75, 3.05) is 18.7 Å². The van der Waals surface area contributed by atoms with E-state index in [9.17, 15) is 9.59 Å². The summed E-state index contributed by atoms with van der Waals surface area (Å²) >= 11 is 1.57. The van der Waals surface area contributed by atoms with Crippen molar-refractivity contribution in [1.29, 1.82) is 0 Å². The van der Waals surface area contributed by atoms with Gasteiger partial charge >= 0.3 is 12.1 Å². The number of hydrogen-bond donors (Lipinski definition) is 1. The zero-order valence-corrected chi connectivity index (χ0v) is 13.4. The van der Waals surface area contributed by atoms with Gasteiger partial charge in [-0.2, -0.15) is 0 Å². The minimum Gasteiger partial charge on any atom is -0.481 e. The Hall–Kier alpha value is -0.950. The smallest absolute Gasteiger partial charge is 0.411 e. The zero-order chi connectivity index (χ0) is 15.5. The van der Waals surface area contributed by atoms with Crippen LogP contribution in [0.1, 0.15) is 27.7 Å². The van der Waals surface area contributed by atoms with Crippen LogP contribution in [0.3, 0.4) is 0 Å². The van der Waals surface area contributed by atoms with Gasteiger partial charge in [-0.15, -0.1) is 11.8 Å². The average molecular weight is 305 g/mol. The number of carbonyl (C=O) groups is 2. The lowest BCUT2D eigenvalue weighted by molar-refractivity contribution is -0.147. The molecule has 1 aliphatic rings. The molecule has 1 heterocycles. The highest BCUT2D eigenvalue weighted by Gasteiger charge is 2.41. The van der Waals surface area contributed by atoms with Crippen molar-refractivity contribution in [1.82, 2.24) is 4.90 Å². The molecule has 1 aliphatic heterocycles. The van der Waals surface area contributed by atoms with Crippen molar-refractivity contribution in [3.8, 4) is 0 Å². The second kappa shape index (κ2) is 6.67. The Balaban J connectivity index is 2.82. The van der Waals surface area contributed by atoms with Gasteiger partial charge in [0.2, 0.25) is 0 Å². The van der Waals surface area contributed by atoms with Crippen LogP contribution in [0, 0.1) is 5.92 Å². The number of aliphatic carboxylic acids is 1. The van der Waals surface area contributed by atoms with Crippen molar-refractivity contribution < 1.29 is 24.2 Å². The third-order valence-corrected chi connectivity index (χ3v) is 4.12. The number of carboxylic acid groups (broad SMARTS) is 1. The Kier molecular flexibility index (Phi) is 5.70. The third kappa shape index (κ3) is 4.28. The highest BCUT2D eigenvalue weighted by Crippen LogP contribution is 2.29. The molecule has 0 radical (unpaired) electrons. The number of rotatable bonds is 4. The van der Waals surface area contributed by atoms with Crippen LogP contribution in [0.25, 0.3) is 0 Å². The molecule has 1 rings (SSSR count). The minimum absolute atomic E-state index is 0.286. The third-order valence-electron chi connectivity index (χ3n) is 3.08. The molecular weight excluding hydrogens is 282 g/mol. The Morgan fingerprint density at radius 3 is 2.45 bits per heavy atom. The van der Waals surface area contributed by atoms with E-state index >= 15 is 0 Å². The first kappa shape index (κ1) is 17.1. The van der Waals surface area contributed by atoms with E-state index in [-0.39, 0.29) is 6.04 Å². The molecule has 6 nitrogen and oxygen atoms in total. The molecule has 0 bridgehead atoms. The molecule has 0 saturated carbocycles. The zero-order valence-electron chi connectivity index (χ0n) is 12.6. The Labute approximate surface area is 123 Å². The summed E-state index contributed by atoms with van der Waals surface area (Å²) in [6.45, 7) is 7.00. The summed E-state index contributed by atoms with van der Waals surface area (Å²) in [7, 11) is 1.47. The maximum atomic E-state index is 12.2. The molecule has 3 atom stereocenters. The first-order chi connectivity index (χ1) is 9.17.